The van der Waals surface area contributed by atoms with Crippen molar-refractivity contribution in [2.75, 3.05) is 46.4 Å². The van der Waals surface area contributed by atoms with Gasteiger partial charge in [-0.1, -0.05) is 52.5 Å². The van der Waals surface area contributed by atoms with Gasteiger partial charge in [0.1, 0.15) is 5.69 Å². The van der Waals surface area contributed by atoms with Gasteiger partial charge >= 0.3 is 0 Å². The minimum absolute atomic E-state index is 0.170. The molecule has 9 nitrogen and oxygen atoms in total. The van der Waals surface area contributed by atoms with Gasteiger partial charge in [-0.25, -0.2) is 13.1 Å². The smallest absolute Gasteiger partial charge is 0.277 e. The molecule has 3 aromatic rings. The topological polar surface area (TPSA) is 106 Å². The molecular formula is C28H30Cl4N6O3S. The van der Waals surface area contributed by atoms with E-state index in [0.29, 0.717) is 40.3 Å². The number of hydrogen-bond acceptors (Lipinski definition) is 7. The highest BCUT2D eigenvalue weighted by Gasteiger charge is 2.39. The van der Waals surface area contributed by atoms with Crippen molar-refractivity contribution < 1.29 is 13.2 Å². The number of aryl methyl sites for hydroxylation is 2. The van der Waals surface area contributed by atoms with Gasteiger partial charge in [0.25, 0.3) is 5.91 Å². The number of hydrogen-bond donors (Lipinski definition) is 3. The molecule has 3 N–H and O–H groups in total. The number of likely N-dealkylation sites (N-methyl/N-ethyl adjacent to an activating group) is 1. The quantitative estimate of drug-likeness (QED) is 0.226. The number of hydrazone groups is 1. The number of halogens is 4. The number of benzene rings is 3. The van der Waals surface area contributed by atoms with Gasteiger partial charge in [0.2, 0.25) is 10.0 Å². The van der Waals surface area contributed by atoms with E-state index in [0.717, 1.165) is 28.1 Å². The predicted molar refractivity (Wildman–Crippen MR) is 176 cm³/mol. The maximum absolute atomic E-state index is 13.8. The van der Waals surface area contributed by atoms with Crippen molar-refractivity contribution in [1.82, 2.24) is 4.72 Å². The summed E-state index contributed by atoms with van der Waals surface area (Å²) in [5.74, 6) is -0.127. The molecule has 0 saturated heterocycles. The van der Waals surface area contributed by atoms with E-state index in [1.807, 2.05) is 51.1 Å². The highest BCUT2D eigenvalue weighted by Crippen LogP contribution is 2.39. The van der Waals surface area contributed by atoms with Crippen LogP contribution in [0.25, 0.3) is 0 Å². The van der Waals surface area contributed by atoms with Crippen LogP contribution in [0.3, 0.4) is 0 Å². The molecule has 224 valence electrons. The van der Waals surface area contributed by atoms with E-state index < -0.39 is 22.0 Å². The molecule has 0 fully saturated rings. The maximum Gasteiger partial charge on any atom is 0.277 e. The Morgan fingerprint density at radius 1 is 0.952 bits per heavy atom. The molecule has 42 heavy (non-hydrogen) atoms. The standard InChI is InChI=1S/C28H30Cl4N6O3S/c1-5-37(11-10-33-42(4,40)41)19-7-9-23(17(3)13-19)34-25-27(35-24-12-16(2)6-8-20(24)30)36-38(28(25)39)26-21(31)14-18(29)15-22(26)32/h6-9,12-15,25,33-34H,5,10-11H2,1-4H3,(H,35,36). The lowest BCUT2D eigenvalue weighted by atomic mass is 10.1. The summed E-state index contributed by atoms with van der Waals surface area (Å²) in [6.07, 6.45) is 1.13. The van der Waals surface area contributed by atoms with E-state index in [9.17, 15) is 13.2 Å². The molecule has 0 aromatic heterocycles. The fraction of sp³-hybridized carbons (Fsp3) is 0.286. The first-order chi connectivity index (χ1) is 19.8. The number of amides is 1. The van der Waals surface area contributed by atoms with Crippen molar-refractivity contribution in [3.05, 3.63) is 79.7 Å². The van der Waals surface area contributed by atoms with Gasteiger partial charge in [-0.15, -0.1) is 5.10 Å². The van der Waals surface area contributed by atoms with Crippen LogP contribution in [0, 0.1) is 13.8 Å². The molecule has 14 heteroatoms. The average Bonchev–Trinajstić information content (AvgIpc) is 3.18. The Bertz CT molecular complexity index is 1630. The summed E-state index contributed by atoms with van der Waals surface area (Å²) in [5, 5.41) is 13.4. The molecule has 1 aliphatic heterocycles. The van der Waals surface area contributed by atoms with E-state index in [1.54, 1.807) is 6.07 Å². The summed E-state index contributed by atoms with van der Waals surface area (Å²) in [6, 6.07) is 13.3. The summed E-state index contributed by atoms with van der Waals surface area (Å²) in [4.78, 5) is 15.9. The molecular weight excluding hydrogens is 642 g/mol. The van der Waals surface area contributed by atoms with Crippen LogP contribution in [0.5, 0.6) is 0 Å². The molecule has 1 amide bonds. The SMILES string of the molecule is CCN(CCNS(C)(=O)=O)c1ccc(NC2C(=O)N(c3c(Cl)cc(Cl)cc3Cl)N=C2Nc2cc(C)ccc2Cl)c(C)c1. The molecule has 0 bridgehead atoms. The monoisotopic (exact) mass is 670 g/mol. The van der Waals surface area contributed by atoms with Crippen LogP contribution in [-0.2, 0) is 14.8 Å². The number of nitrogens with zero attached hydrogens (tertiary/aromatic N) is 3. The summed E-state index contributed by atoms with van der Waals surface area (Å²) in [5.41, 5.74) is 4.23. The zero-order valence-corrected chi connectivity index (χ0v) is 27.1. The normalized spacial score (nSPS) is 15.1. The Labute approximate surface area is 265 Å². The number of carbonyl (C=O) groups is 1. The lowest BCUT2D eigenvalue weighted by molar-refractivity contribution is -0.117. The third-order valence-electron chi connectivity index (χ3n) is 6.52. The fourth-order valence-electron chi connectivity index (χ4n) is 4.45. The first-order valence-electron chi connectivity index (χ1n) is 12.9. The first-order valence-corrected chi connectivity index (χ1v) is 16.3. The molecule has 1 aliphatic rings. The second-order valence-electron chi connectivity index (χ2n) is 9.78. The summed E-state index contributed by atoms with van der Waals surface area (Å²) >= 11 is 25.5. The van der Waals surface area contributed by atoms with Gasteiger partial charge in [-0.05, 0) is 74.4 Å². The van der Waals surface area contributed by atoms with Crippen molar-refractivity contribution >= 4 is 90.9 Å². The van der Waals surface area contributed by atoms with E-state index in [-0.39, 0.29) is 22.3 Å². The van der Waals surface area contributed by atoms with Crippen molar-refractivity contribution in [2.45, 2.75) is 26.8 Å². The lowest BCUT2D eigenvalue weighted by Gasteiger charge is -2.25. The zero-order valence-electron chi connectivity index (χ0n) is 23.3. The van der Waals surface area contributed by atoms with Gasteiger partial charge in [-0.3, -0.25) is 4.79 Å². The fourth-order valence-corrected chi connectivity index (χ4v) is 6.05. The summed E-state index contributed by atoms with van der Waals surface area (Å²) in [7, 11) is -3.28. The highest BCUT2D eigenvalue weighted by molar-refractivity contribution is 7.88. The second kappa shape index (κ2) is 13.3. The Morgan fingerprint density at radius 3 is 2.26 bits per heavy atom. The third-order valence-corrected chi connectivity index (χ3v) is 8.37. The van der Waals surface area contributed by atoms with Crippen LogP contribution < -0.4 is 25.3 Å². The van der Waals surface area contributed by atoms with Crippen molar-refractivity contribution in [2.24, 2.45) is 5.10 Å². The van der Waals surface area contributed by atoms with Crippen molar-refractivity contribution in [3.8, 4) is 0 Å². The largest absolute Gasteiger partial charge is 0.370 e. The Hall–Kier alpha value is -2.73. The van der Waals surface area contributed by atoms with E-state index in [1.165, 1.54) is 12.1 Å². The van der Waals surface area contributed by atoms with E-state index in [2.05, 4.69) is 25.4 Å². The number of amidine groups is 1. The molecule has 0 radical (unpaired) electrons. The van der Waals surface area contributed by atoms with Crippen molar-refractivity contribution in [1.29, 1.82) is 0 Å². The van der Waals surface area contributed by atoms with E-state index in [4.69, 9.17) is 46.4 Å². The number of carbonyl (C=O) groups excluding carboxylic acids is 1. The molecule has 1 unspecified atom stereocenters. The molecule has 1 atom stereocenters. The van der Waals surface area contributed by atoms with Crippen LogP contribution in [-0.4, -0.2) is 52.1 Å². The zero-order chi connectivity index (χ0) is 30.8. The van der Waals surface area contributed by atoms with Gasteiger partial charge < -0.3 is 15.5 Å². The van der Waals surface area contributed by atoms with Crippen molar-refractivity contribution in [3.63, 3.8) is 0 Å². The minimum atomic E-state index is -3.28. The number of rotatable bonds is 10. The Balaban J connectivity index is 1.65. The third kappa shape index (κ3) is 7.61. The van der Waals surface area contributed by atoms with Crippen LogP contribution in [0.15, 0.2) is 53.6 Å². The molecule has 0 aliphatic carbocycles. The minimum Gasteiger partial charge on any atom is -0.370 e. The Morgan fingerprint density at radius 2 is 1.64 bits per heavy atom. The van der Waals surface area contributed by atoms with Gasteiger partial charge in [0.05, 0.1) is 27.0 Å². The lowest BCUT2D eigenvalue weighted by Crippen LogP contribution is -2.41. The maximum atomic E-state index is 13.8. The predicted octanol–water partition coefficient (Wildman–Crippen LogP) is 6.55. The number of nitrogens with one attached hydrogen (secondary N) is 3. The van der Waals surface area contributed by atoms with Crippen LogP contribution >= 0.6 is 46.4 Å². The molecule has 3 aromatic carbocycles. The summed E-state index contributed by atoms with van der Waals surface area (Å²) < 4.78 is 25.4. The number of sulfonamides is 1. The van der Waals surface area contributed by atoms with E-state index >= 15 is 0 Å². The number of anilines is 4. The Kier molecular flexibility index (Phi) is 10.2. The van der Waals surface area contributed by atoms with Crippen LogP contribution in [0.1, 0.15) is 18.1 Å². The highest BCUT2D eigenvalue weighted by atomic mass is 35.5. The average molecular weight is 672 g/mol. The molecule has 4 rings (SSSR count). The molecule has 0 saturated carbocycles. The summed E-state index contributed by atoms with van der Waals surface area (Å²) in [6.45, 7) is 7.29. The molecule has 1 heterocycles. The van der Waals surface area contributed by atoms with Crippen LogP contribution in [0.4, 0.5) is 22.7 Å². The second-order valence-corrected chi connectivity index (χ2v) is 13.3. The van der Waals surface area contributed by atoms with Gasteiger partial charge in [-0.2, -0.15) is 5.01 Å². The first kappa shape index (κ1) is 32.2. The van der Waals surface area contributed by atoms with Crippen LogP contribution in [0.2, 0.25) is 20.1 Å². The van der Waals surface area contributed by atoms with Gasteiger partial charge in [0.15, 0.2) is 11.9 Å². The van der Waals surface area contributed by atoms with Gasteiger partial charge in [0, 0.05) is 36.0 Å². The molecule has 0 spiro atoms.